The third kappa shape index (κ3) is 2.64. The number of hydrogen-bond donors (Lipinski definition) is 1. The molecule has 106 valence electrons. The maximum absolute atomic E-state index is 9.36. The lowest BCUT2D eigenvalue weighted by Crippen LogP contribution is -2.36. The number of ether oxygens (including phenoxy) is 1. The number of aromatic nitrogens is 1. The van der Waals surface area contributed by atoms with Gasteiger partial charge in [-0.2, -0.15) is 5.10 Å². The van der Waals surface area contributed by atoms with Crippen molar-refractivity contribution in [2.45, 2.75) is 31.9 Å². The Labute approximate surface area is 122 Å². The topological polar surface area (TPSA) is 58.0 Å². The molecule has 0 bridgehead atoms. The Morgan fingerprint density at radius 3 is 2.95 bits per heavy atom. The molecule has 20 heavy (non-hydrogen) atoms. The van der Waals surface area contributed by atoms with Crippen molar-refractivity contribution in [2.75, 3.05) is 6.61 Å². The summed E-state index contributed by atoms with van der Waals surface area (Å²) in [6, 6.07) is 3.33. The summed E-state index contributed by atoms with van der Waals surface area (Å²) >= 11 is 6.36. The Hall–Kier alpha value is -1.59. The minimum absolute atomic E-state index is 0.0975. The average molecular weight is 294 g/mol. The van der Waals surface area contributed by atoms with E-state index in [2.05, 4.69) is 10.1 Å². The van der Waals surface area contributed by atoms with Crippen LogP contribution in [0.1, 0.15) is 31.4 Å². The average Bonchev–Trinajstić information content (AvgIpc) is 2.49. The molecule has 1 N–H and O–H groups in total. The van der Waals surface area contributed by atoms with Gasteiger partial charge in [0.15, 0.2) is 6.23 Å². The van der Waals surface area contributed by atoms with Crippen LogP contribution < -0.4 is 0 Å². The maximum atomic E-state index is 9.36. The molecule has 0 aromatic carbocycles. The smallest absolute Gasteiger partial charge is 0.150 e. The normalized spacial score (nSPS) is 23.2. The number of hydrazone groups is 1. The Bertz CT molecular complexity index is 536. The van der Waals surface area contributed by atoms with E-state index in [9.17, 15) is 5.11 Å². The summed E-state index contributed by atoms with van der Waals surface area (Å²) in [6.45, 7) is 0.741. The molecule has 1 fully saturated rings. The fraction of sp³-hybridized carbons (Fsp3) is 0.429. The first-order chi connectivity index (χ1) is 9.75. The predicted octanol–water partition coefficient (Wildman–Crippen LogP) is 2.91. The lowest BCUT2D eigenvalue weighted by atomic mass is 10.1. The van der Waals surface area contributed by atoms with Crippen LogP contribution in [0.4, 0.5) is 0 Å². The third-order valence-corrected chi connectivity index (χ3v) is 3.71. The monoisotopic (exact) mass is 293 g/mol. The maximum Gasteiger partial charge on any atom is 0.150 e. The predicted molar refractivity (Wildman–Crippen MR) is 77.2 cm³/mol. The van der Waals surface area contributed by atoms with Crippen LogP contribution in [0.15, 0.2) is 28.5 Å². The first-order valence-electron chi connectivity index (χ1n) is 6.73. The van der Waals surface area contributed by atoms with Crippen LogP contribution in [0.2, 0.25) is 0 Å². The second-order valence-electron chi connectivity index (χ2n) is 4.82. The Morgan fingerprint density at radius 1 is 1.35 bits per heavy atom. The van der Waals surface area contributed by atoms with E-state index in [0.717, 1.165) is 31.6 Å². The van der Waals surface area contributed by atoms with Gasteiger partial charge in [-0.1, -0.05) is 11.6 Å². The first kappa shape index (κ1) is 13.4. The van der Waals surface area contributed by atoms with Crippen molar-refractivity contribution >= 4 is 23.5 Å². The summed E-state index contributed by atoms with van der Waals surface area (Å²) in [6.07, 6.45) is 6.79. The lowest BCUT2D eigenvalue weighted by Gasteiger charge is -2.35. The molecule has 1 aromatic rings. The van der Waals surface area contributed by atoms with Crippen LogP contribution in [-0.4, -0.2) is 34.1 Å². The molecule has 0 radical (unpaired) electrons. The molecule has 1 saturated heterocycles. The van der Waals surface area contributed by atoms with E-state index in [1.165, 1.54) is 6.20 Å². The van der Waals surface area contributed by atoms with Crippen LogP contribution in [0.5, 0.6) is 5.75 Å². The molecule has 0 amide bonds. The van der Waals surface area contributed by atoms with Gasteiger partial charge in [-0.3, -0.25) is 4.98 Å². The van der Waals surface area contributed by atoms with Gasteiger partial charge in [0.2, 0.25) is 0 Å². The van der Waals surface area contributed by atoms with Crippen molar-refractivity contribution in [3.05, 3.63) is 29.1 Å². The van der Waals surface area contributed by atoms with Crippen LogP contribution >= 0.6 is 11.6 Å². The van der Waals surface area contributed by atoms with Gasteiger partial charge in [-0.05, 0) is 31.4 Å². The number of rotatable bonds is 2. The van der Waals surface area contributed by atoms with E-state index in [4.69, 9.17) is 16.3 Å². The number of halogens is 1. The largest absolute Gasteiger partial charge is 0.506 e. The van der Waals surface area contributed by atoms with Gasteiger partial charge < -0.3 is 9.84 Å². The third-order valence-electron chi connectivity index (χ3n) is 3.38. The lowest BCUT2D eigenvalue weighted by molar-refractivity contribution is -0.0604. The summed E-state index contributed by atoms with van der Waals surface area (Å²) in [5.41, 5.74) is 1.46. The van der Waals surface area contributed by atoms with E-state index in [1.54, 1.807) is 18.3 Å². The van der Waals surface area contributed by atoms with E-state index in [-0.39, 0.29) is 12.0 Å². The SMILES string of the molecule is Oc1ccc(C2=C(Cl)CC=NN2C2CCCCO2)nc1. The fourth-order valence-electron chi connectivity index (χ4n) is 2.41. The van der Waals surface area contributed by atoms with Gasteiger partial charge in [-0.25, -0.2) is 5.01 Å². The molecule has 0 saturated carbocycles. The number of allylic oxidation sites excluding steroid dienone is 1. The highest BCUT2D eigenvalue weighted by Crippen LogP contribution is 2.33. The van der Waals surface area contributed by atoms with E-state index in [1.807, 2.05) is 5.01 Å². The van der Waals surface area contributed by atoms with Gasteiger partial charge in [0.1, 0.15) is 11.4 Å². The van der Waals surface area contributed by atoms with Gasteiger partial charge in [0.05, 0.1) is 16.9 Å². The van der Waals surface area contributed by atoms with E-state index in [0.29, 0.717) is 17.1 Å². The molecule has 1 unspecified atom stereocenters. The molecule has 5 nitrogen and oxygen atoms in total. The van der Waals surface area contributed by atoms with Crippen molar-refractivity contribution in [1.29, 1.82) is 0 Å². The van der Waals surface area contributed by atoms with Gasteiger partial charge in [-0.15, -0.1) is 0 Å². The highest BCUT2D eigenvalue weighted by Gasteiger charge is 2.28. The molecule has 6 heteroatoms. The standard InChI is InChI=1S/C14H16ClN3O2/c15-11-6-7-17-18(13-3-1-2-8-20-13)14(11)12-5-4-10(19)9-16-12/h4-5,7,9,13,19H,1-3,6,8H2. The molecule has 0 spiro atoms. The zero-order chi connectivity index (χ0) is 13.9. The zero-order valence-corrected chi connectivity index (χ0v) is 11.8. The summed E-state index contributed by atoms with van der Waals surface area (Å²) in [5.74, 6) is 0.130. The van der Waals surface area contributed by atoms with Crippen molar-refractivity contribution < 1.29 is 9.84 Å². The van der Waals surface area contributed by atoms with Gasteiger partial charge in [0, 0.05) is 19.2 Å². The second-order valence-corrected chi connectivity index (χ2v) is 5.28. The van der Waals surface area contributed by atoms with Gasteiger partial charge >= 0.3 is 0 Å². The summed E-state index contributed by atoms with van der Waals surface area (Å²) in [4.78, 5) is 4.23. The quantitative estimate of drug-likeness (QED) is 0.911. The molecule has 1 atom stereocenters. The Morgan fingerprint density at radius 2 is 2.25 bits per heavy atom. The van der Waals surface area contributed by atoms with Gasteiger partial charge in [0.25, 0.3) is 0 Å². The minimum Gasteiger partial charge on any atom is -0.506 e. The van der Waals surface area contributed by atoms with E-state index < -0.39 is 0 Å². The zero-order valence-electron chi connectivity index (χ0n) is 11.0. The highest BCUT2D eigenvalue weighted by atomic mass is 35.5. The molecule has 3 heterocycles. The molecular weight excluding hydrogens is 278 g/mol. The van der Waals surface area contributed by atoms with Crippen LogP contribution in [0, 0.1) is 0 Å². The Balaban J connectivity index is 1.93. The molecule has 2 aliphatic heterocycles. The first-order valence-corrected chi connectivity index (χ1v) is 7.11. The summed E-state index contributed by atoms with van der Waals surface area (Å²) < 4.78 is 5.78. The molecule has 3 rings (SSSR count). The number of nitrogens with zero attached hydrogens (tertiary/aromatic N) is 3. The van der Waals surface area contributed by atoms with Crippen molar-refractivity contribution in [3.63, 3.8) is 0 Å². The fourth-order valence-corrected chi connectivity index (χ4v) is 2.66. The molecular formula is C14H16ClN3O2. The highest BCUT2D eigenvalue weighted by molar-refractivity contribution is 6.33. The van der Waals surface area contributed by atoms with Crippen LogP contribution in [-0.2, 0) is 4.74 Å². The van der Waals surface area contributed by atoms with Crippen LogP contribution in [0.25, 0.3) is 5.70 Å². The summed E-state index contributed by atoms with van der Waals surface area (Å²) in [7, 11) is 0. The number of hydrogen-bond acceptors (Lipinski definition) is 5. The molecule has 1 aromatic heterocycles. The van der Waals surface area contributed by atoms with Crippen molar-refractivity contribution in [2.24, 2.45) is 5.10 Å². The molecule has 2 aliphatic rings. The summed E-state index contributed by atoms with van der Waals surface area (Å²) in [5, 5.41) is 16.3. The van der Waals surface area contributed by atoms with Crippen LogP contribution in [0.3, 0.4) is 0 Å². The van der Waals surface area contributed by atoms with Crippen molar-refractivity contribution in [3.8, 4) is 5.75 Å². The number of pyridine rings is 1. The van der Waals surface area contributed by atoms with Crippen molar-refractivity contribution in [1.82, 2.24) is 9.99 Å². The Kier molecular flexibility index (Phi) is 3.89. The van der Waals surface area contributed by atoms with E-state index >= 15 is 0 Å². The minimum atomic E-state index is -0.0975. The second kappa shape index (κ2) is 5.81. The molecule has 0 aliphatic carbocycles. The number of aromatic hydroxyl groups is 1.